The number of allylic oxidation sites excluding steroid dienone is 1. The highest BCUT2D eigenvalue weighted by Crippen LogP contribution is 2.09. The first kappa shape index (κ1) is 6.84. The lowest BCUT2D eigenvalue weighted by molar-refractivity contribution is -0.524. The summed E-state index contributed by atoms with van der Waals surface area (Å²) in [7, 11) is 0. The molecule has 0 amide bonds. The summed E-state index contributed by atoms with van der Waals surface area (Å²) >= 11 is 0. The largest absolute Gasteiger partial charge is 0.211 e. The maximum Gasteiger partial charge on any atom is 0.211 e. The van der Waals surface area contributed by atoms with Crippen molar-refractivity contribution in [2.75, 3.05) is 0 Å². The van der Waals surface area contributed by atoms with E-state index in [9.17, 15) is 0 Å². The zero-order valence-electron chi connectivity index (χ0n) is 7.27. The molecule has 13 heavy (non-hydrogen) atoms. The number of rotatable bonds is 0. The van der Waals surface area contributed by atoms with Crippen molar-refractivity contribution in [3.63, 3.8) is 0 Å². The van der Waals surface area contributed by atoms with Crippen LogP contribution in [0.2, 0.25) is 0 Å². The first-order valence-corrected chi connectivity index (χ1v) is 4.54. The summed E-state index contributed by atoms with van der Waals surface area (Å²) in [5, 5.41) is 0. The lowest BCUT2D eigenvalue weighted by atomic mass is 10.1. The van der Waals surface area contributed by atoms with Gasteiger partial charge in [0.15, 0.2) is 5.69 Å². The number of nitrogens with zero attached hydrogens (tertiary/aromatic N) is 1. The van der Waals surface area contributed by atoms with Crippen molar-refractivity contribution in [3.8, 4) is 0 Å². The van der Waals surface area contributed by atoms with Crippen molar-refractivity contribution in [2.24, 2.45) is 0 Å². The number of aromatic nitrogens is 1. The molecule has 0 saturated carbocycles. The minimum atomic E-state index is 1.04. The highest BCUT2D eigenvalue weighted by atomic mass is 14.9. The molecule has 62 valence electrons. The third kappa shape index (κ3) is 0.903. The molecule has 0 saturated heterocycles. The van der Waals surface area contributed by atoms with Gasteiger partial charge in [-0.2, -0.15) is 4.40 Å². The van der Waals surface area contributed by atoms with Gasteiger partial charge >= 0.3 is 0 Å². The van der Waals surface area contributed by atoms with E-state index in [1.807, 2.05) is 0 Å². The smallest absolute Gasteiger partial charge is 0.158 e. The van der Waals surface area contributed by atoms with Crippen LogP contribution in [0.4, 0.5) is 0 Å². The third-order valence-electron chi connectivity index (χ3n) is 2.51. The number of hydrogen-bond acceptors (Lipinski definition) is 0. The van der Waals surface area contributed by atoms with Crippen LogP contribution in [-0.4, -0.2) is 0 Å². The Morgan fingerprint density at radius 3 is 2.77 bits per heavy atom. The average Bonchev–Trinajstić information content (AvgIpc) is 2.19. The molecular weight excluding hydrogens is 158 g/mol. The van der Waals surface area contributed by atoms with Gasteiger partial charge in [-0.1, -0.05) is 6.08 Å². The Balaban J connectivity index is 2.56. The average molecular weight is 168 g/mol. The van der Waals surface area contributed by atoms with E-state index in [4.69, 9.17) is 0 Å². The fraction of sp³-hybridized carbons (Fsp3) is 0.0833. The predicted octanol–water partition coefficient (Wildman–Crippen LogP) is 1.99. The van der Waals surface area contributed by atoms with Gasteiger partial charge in [0, 0.05) is 30.3 Å². The molecule has 0 N–H and O–H groups in total. The third-order valence-corrected chi connectivity index (χ3v) is 2.51. The topological polar surface area (TPSA) is 4.10 Å². The lowest BCUT2D eigenvalue weighted by Crippen LogP contribution is -2.32. The van der Waals surface area contributed by atoms with Crippen LogP contribution in [0, 0.1) is 0 Å². The van der Waals surface area contributed by atoms with Crippen LogP contribution < -0.4 is 4.40 Å². The summed E-state index contributed by atoms with van der Waals surface area (Å²) in [6, 6.07) is 12.8. The van der Waals surface area contributed by atoms with E-state index in [2.05, 4.69) is 53.0 Å². The SMILES string of the molecule is C1=Cc2cccc3cccc([n+]23)C1. The van der Waals surface area contributed by atoms with Gasteiger partial charge in [0.2, 0.25) is 11.2 Å². The Morgan fingerprint density at radius 1 is 1.00 bits per heavy atom. The molecule has 0 bridgehead atoms. The standard InChI is InChI=1S/C12H10N/c1-4-10-6-2-8-12-9-3-7-11(5-1)13(10)12/h1-8H,9H2/q+1. The molecule has 2 aromatic heterocycles. The Morgan fingerprint density at radius 2 is 1.85 bits per heavy atom. The molecule has 0 unspecified atom stereocenters. The van der Waals surface area contributed by atoms with Crippen molar-refractivity contribution in [2.45, 2.75) is 6.42 Å². The van der Waals surface area contributed by atoms with Gasteiger partial charge in [-0.25, -0.2) is 0 Å². The monoisotopic (exact) mass is 168 g/mol. The van der Waals surface area contributed by atoms with Crippen LogP contribution in [0.1, 0.15) is 11.4 Å². The molecule has 0 spiro atoms. The van der Waals surface area contributed by atoms with E-state index in [1.54, 1.807) is 0 Å². The van der Waals surface area contributed by atoms with Crippen molar-refractivity contribution in [1.29, 1.82) is 0 Å². The van der Waals surface area contributed by atoms with Crippen molar-refractivity contribution in [3.05, 3.63) is 53.9 Å². The first-order chi connectivity index (χ1) is 6.45. The minimum Gasteiger partial charge on any atom is -0.158 e. The fourth-order valence-electron chi connectivity index (χ4n) is 1.93. The zero-order chi connectivity index (χ0) is 8.67. The highest BCUT2D eigenvalue weighted by molar-refractivity contribution is 5.49. The Labute approximate surface area is 77.0 Å². The van der Waals surface area contributed by atoms with E-state index in [0.717, 1.165) is 6.42 Å². The molecule has 0 atom stereocenters. The highest BCUT2D eigenvalue weighted by Gasteiger charge is 2.15. The van der Waals surface area contributed by atoms with E-state index < -0.39 is 0 Å². The molecule has 0 radical (unpaired) electrons. The molecule has 0 aliphatic carbocycles. The summed E-state index contributed by atoms with van der Waals surface area (Å²) in [6.45, 7) is 0. The van der Waals surface area contributed by atoms with Crippen LogP contribution in [0.3, 0.4) is 0 Å². The van der Waals surface area contributed by atoms with Gasteiger partial charge in [0.1, 0.15) is 0 Å². The molecule has 1 aliphatic rings. The molecule has 0 aromatic carbocycles. The van der Waals surface area contributed by atoms with Crippen LogP contribution in [0.15, 0.2) is 42.5 Å². The van der Waals surface area contributed by atoms with Crippen LogP contribution in [0.5, 0.6) is 0 Å². The molecule has 0 fully saturated rings. The lowest BCUT2D eigenvalue weighted by Gasteiger charge is -2.03. The van der Waals surface area contributed by atoms with Crippen LogP contribution in [0.25, 0.3) is 11.6 Å². The van der Waals surface area contributed by atoms with Crippen molar-refractivity contribution in [1.82, 2.24) is 0 Å². The summed E-state index contributed by atoms with van der Waals surface area (Å²) in [5.74, 6) is 0. The van der Waals surface area contributed by atoms with Crippen LogP contribution in [-0.2, 0) is 6.42 Å². The minimum absolute atomic E-state index is 1.04. The molecule has 1 heteroatoms. The van der Waals surface area contributed by atoms with E-state index in [-0.39, 0.29) is 0 Å². The van der Waals surface area contributed by atoms with Crippen molar-refractivity contribution >= 4 is 11.6 Å². The predicted molar refractivity (Wildman–Crippen MR) is 52.3 cm³/mol. The zero-order valence-corrected chi connectivity index (χ0v) is 7.27. The van der Waals surface area contributed by atoms with E-state index >= 15 is 0 Å². The van der Waals surface area contributed by atoms with Gasteiger partial charge in [-0.05, 0) is 12.1 Å². The van der Waals surface area contributed by atoms with Gasteiger partial charge < -0.3 is 0 Å². The van der Waals surface area contributed by atoms with Gasteiger partial charge in [-0.15, -0.1) is 0 Å². The quantitative estimate of drug-likeness (QED) is 0.530. The Kier molecular flexibility index (Phi) is 1.28. The normalized spacial score (nSPS) is 13.5. The molecule has 2 aromatic rings. The number of pyridine rings is 2. The summed E-state index contributed by atoms with van der Waals surface area (Å²) in [6.07, 6.45) is 5.43. The summed E-state index contributed by atoms with van der Waals surface area (Å²) < 4.78 is 2.31. The molecule has 3 rings (SSSR count). The molecular formula is C12H10N+. The van der Waals surface area contributed by atoms with E-state index in [1.165, 1.54) is 16.9 Å². The maximum absolute atomic E-state index is 2.31. The fourth-order valence-corrected chi connectivity index (χ4v) is 1.93. The second-order valence-corrected chi connectivity index (χ2v) is 3.33. The molecule has 1 nitrogen and oxygen atoms in total. The Bertz CT molecular complexity index is 492. The summed E-state index contributed by atoms with van der Waals surface area (Å²) in [4.78, 5) is 0. The first-order valence-electron chi connectivity index (χ1n) is 4.54. The van der Waals surface area contributed by atoms with Gasteiger partial charge in [0.25, 0.3) is 0 Å². The molecule has 1 aliphatic heterocycles. The van der Waals surface area contributed by atoms with Crippen LogP contribution >= 0.6 is 0 Å². The maximum atomic E-state index is 2.31. The summed E-state index contributed by atoms with van der Waals surface area (Å²) in [5.41, 5.74) is 3.93. The Hall–Kier alpha value is -1.63. The van der Waals surface area contributed by atoms with Crippen molar-refractivity contribution < 1.29 is 4.40 Å². The van der Waals surface area contributed by atoms with Gasteiger partial charge in [-0.3, -0.25) is 0 Å². The van der Waals surface area contributed by atoms with E-state index in [0.29, 0.717) is 0 Å². The second-order valence-electron chi connectivity index (χ2n) is 3.33. The molecule has 3 heterocycles. The number of hydrogen-bond donors (Lipinski definition) is 0. The van der Waals surface area contributed by atoms with Gasteiger partial charge in [0.05, 0.1) is 6.42 Å². The second kappa shape index (κ2) is 2.43.